The molecule has 0 bridgehead atoms. The normalized spacial score (nSPS) is 11.0. The number of nitrogens with one attached hydrogen (secondary N) is 1. The van der Waals surface area contributed by atoms with Crippen LogP contribution < -0.4 is 5.32 Å². The van der Waals surface area contributed by atoms with Gasteiger partial charge >= 0.3 is 0 Å². The van der Waals surface area contributed by atoms with Gasteiger partial charge in [-0.05, 0) is 30.3 Å². The molecule has 0 saturated carbocycles. The van der Waals surface area contributed by atoms with Crippen LogP contribution in [0, 0.1) is 5.82 Å². The molecule has 0 aliphatic heterocycles. The predicted molar refractivity (Wildman–Crippen MR) is 97.0 cm³/mol. The fourth-order valence-electron chi connectivity index (χ4n) is 2.89. The Morgan fingerprint density at radius 1 is 1.08 bits per heavy atom. The molecule has 1 N–H and O–H groups in total. The standard InChI is InChI=1S/C19H16FN5O/c1-24-17-9-5-3-7-14(17)19(23-24)21-18(26)12-25-11-10-16(22-25)13-6-2-4-8-15(13)20/h2-11H,12H2,1H3,(H,21,23,26). The molecule has 0 saturated heterocycles. The Kier molecular flexibility index (Phi) is 3.96. The lowest BCUT2D eigenvalue weighted by Gasteiger charge is -2.03. The van der Waals surface area contributed by atoms with E-state index in [1.165, 1.54) is 10.7 Å². The Labute approximate surface area is 148 Å². The van der Waals surface area contributed by atoms with Crippen molar-refractivity contribution in [3.63, 3.8) is 0 Å². The number of amides is 1. The lowest BCUT2D eigenvalue weighted by atomic mass is 10.1. The maximum absolute atomic E-state index is 13.8. The molecule has 0 unspecified atom stereocenters. The Morgan fingerprint density at radius 2 is 1.85 bits per heavy atom. The number of carbonyl (C=O) groups is 1. The second-order valence-electron chi connectivity index (χ2n) is 5.92. The number of hydrogen-bond acceptors (Lipinski definition) is 3. The number of hydrogen-bond donors (Lipinski definition) is 1. The Balaban J connectivity index is 1.51. The summed E-state index contributed by atoms with van der Waals surface area (Å²) in [6.45, 7) is 0.0132. The minimum atomic E-state index is -0.345. The number of para-hydroxylation sites is 1. The first-order chi connectivity index (χ1) is 12.6. The van der Waals surface area contributed by atoms with Gasteiger partial charge in [0.05, 0.1) is 11.2 Å². The summed E-state index contributed by atoms with van der Waals surface area (Å²) in [4.78, 5) is 12.4. The quantitative estimate of drug-likeness (QED) is 0.615. The van der Waals surface area contributed by atoms with Crippen molar-refractivity contribution in [3.05, 3.63) is 66.6 Å². The lowest BCUT2D eigenvalue weighted by molar-refractivity contribution is -0.116. The number of rotatable bonds is 4. The molecule has 2 aromatic heterocycles. The lowest BCUT2D eigenvalue weighted by Crippen LogP contribution is -2.19. The molecule has 2 heterocycles. The van der Waals surface area contributed by atoms with Crippen LogP contribution in [0.4, 0.5) is 10.2 Å². The fraction of sp³-hybridized carbons (Fsp3) is 0.105. The minimum Gasteiger partial charge on any atom is -0.307 e. The summed E-state index contributed by atoms with van der Waals surface area (Å²) in [5, 5.41) is 12.3. The summed E-state index contributed by atoms with van der Waals surface area (Å²) in [5.41, 5.74) is 1.82. The highest BCUT2D eigenvalue weighted by Crippen LogP contribution is 2.22. The summed E-state index contributed by atoms with van der Waals surface area (Å²) >= 11 is 0. The van der Waals surface area contributed by atoms with Gasteiger partial charge in [-0.2, -0.15) is 10.2 Å². The molecule has 2 aromatic carbocycles. The van der Waals surface area contributed by atoms with Crippen molar-refractivity contribution in [2.75, 3.05) is 5.32 Å². The summed E-state index contributed by atoms with van der Waals surface area (Å²) < 4.78 is 17.0. The number of halogens is 1. The maximum atomic E-state index is 13.8. The van der Waals surface area contributed by atoms with E-state index in [-0.39, 0.29) is 18.3 Å². The molecule has 4 rings (SSSR count). The van der Waals surface area contributed by atoms with Gasteiger partial charge in [0.25, 0.3) is 0 Å². The monoisotopic (exact) mass is 349 g/mol. The van der Waals surface area contributed by atoms with E-state index in [4.69, 9.17) is 0 Å². The Morgan fingerprint density at radius 3 is 2.69 bits per heavy atom. The van der Waals surface area contributed by atoms with E-state index < -0.39 is 0 Å². The molecule has 7 heteroatoms. The van der Waals surface area contributed by atoms with Gasteiger partial charge in [0, 0.05) is 24.2 Å². The SMILES string of the molecule is Cn1nc(NC(=O)Cn2ccc(-c3ccccc3F)n2)c2ccccc21. The second kappa shape index (κ2) is 6.44. The van der Waals surface area contributed by atoms with Crippen LogP contribution in [0.15, 0.2) is 60.8 Å². The fourth-order valence-corrected chi connectivity index (χ4v) is 2.89. The summed E-state index contributed by atoms with van der Waals surface area (Å²) in [6, 6.07) is 15.7. The number of anilines is 1. The maximum Gasteiger partial charge on any atom is 0.247 e. The van der Waals surface area contributed by atoms with Crippen molar-refractivity contribution in [2.24, 2.45) is 7.05 Å². The number of aryl methyl sites for hydroxylation is 1. The Hall–Kier alpha value is -3.48. The zero-order valence-corrected chi connectivity index (χ0v) is 14.1. The van der Waals surface area contributed by atoms with Crippen molar-refractivity contribution in [2.45, 2.75) is 6.54 Å². The third kappa shape index (κ3) is 2.95. The van der Waals surface area contributed by atoms with Crippen LogP contribution in [0.1, 0.15) is 0 Å². The molecular weight excluding hydrogens is 333 g/mol. The molecule has 0 radical (unpaired) electrons. The average Bonchev–Trinajstić information content (AvgIpc) is 3.21. The molecule has 0 aliphatic rings. The van der Waals surface area contributed by atoms with E-state index in [1.807, 2.05) is 31.3 Å². The van der Waals surface area contributed by atoms with Crippen molar-refractivity contribution < 1.29 is 9.18 Å². The van der Waals surface area contributed by atoms with Crippen LogP contribution in [0.25, 0.3) is 22.2 Å². The zero-order valence-electron chi connectivity index (χ0n) is 14.1. The topological polar surface area (TPSA) is 64.7 Å². The van der Waals surface area contributed by atoms with Gasteiger partial charge in [-0.15, -0.1) is 0 Å². The van der Waals surface area contributed by atoms with Gasteiger partial charge in [-0.3, -0.25) is 14.2 Å². The van der Waals surface area contributed by atoms with E-state index >= 15 is 0 Å². The number of fused-ring (bicyclic) bond motifs is 1. The van der Waals surface area contributed by atoms with Crippen molar-refractivity contribution in [3.8, 4) is 11.3 Å². The minimum absolute atomic E-state index is 0.0132. The molecule has 0 fully saturated rings. The molecule has 130 valence electrons. The molecule has 0 spiro atoms. The van der Waals surface area contributed by atoms with Gasteiger partial charge in [-0.25, -0.2) is 4.39 Å². The van der Waals surface area contributed by atoms with E-state index in [2.05, 4.69) is 15.5 Å². The molecule has 6 nitrogen and oxygen atoms in total. The molecule has 1 amide bonds. The highest BCUT2D eigenvalue weighted by molar-refractivity contribution is 5.99. The molecule has 0 atom stereocenters. The van der Waals surface area contributed by atoms with Crippen LogP contribution in [-0.2, 0) is 18.4 Å². The zero-order chi connectivity index (χ0) is 18.1. The third-order valence-corrected chi connectivity index (χ3v) is 4.11. The summed E-state index contributed by atoms with van der Waals surface area (Å²) in [6.07, 6.45) is 1.65. The number of aromatic nitrogens is 4. The first-order valence-electron chi connectivity index (χ1n) is 8.12. The first-order valence-corrected chi connectivity index (χ1v) is 8.12. The van der Waals surface area contributed by atoms with Crippen molar-refractivity contribution in [1.29, 1.82) is 0 Å². The van der Waals surface area contributed by atoms with Gasteiger partial charge in [0.2, 0.25) is 5.91 Å². The van der Waals surface area contributed by atoms with Gasteiger partial charge in [0.1, 0.15) is 12.4 Å². The first kappa shape index (κ1) is 16.0. The van der Waals surface area contributed by atoms with Gasteiger partial charge in [-0.1, -0.05) is 24.3 Å². The molecule has 0 aliphatic carbocycles. The van der Waals surface area contributed by atoms with Crippen LogP contribution in [0.5, 0.6) is 0 Å². The van der Waals surface area contributed by atoms with Crippen molar-refractivity contribution in [1.82, 2.24) is 19.6 Å². The highest BCUT2D eigenvalue weighted by atomic mass is 19.1. The average molecular weight is 349 g/mol. The van der Waals surface area contributed by atoms with E-state index in [0.29, 0.717) is 17.1 Å². The third-order valence-electron chi connectivity index (χ3n) is 4.11. The van der Waals surface area contributed by atoms with E-state index in [1.54, 1.807) is 35.1 Å². The molecule has 26 heavy (non-hydrogen) atoms. The molecule has 4 aromatic rings. The predicted octanol–water partition coefficient (Wildman–Crippen LogP) is 3.21. The van der Waals surface area contributed by atoms with Gasteiger partial charge in [0.15, 0.2) is 5.82 Å². The van der Waals surface area contributed by atoms with Crippen molar-refractivity contribution >= 4 is 22.6 Å². The van der Waals surface area contributed by atoms with Crippen LogP contribution in [-0.4, -0.2) is 25.5 Å². The number of carbonyl (C=O) groups excluding carboxylic acids is 1. The summed E-state index contributed by atoms with van der Waals surface area (Å²) in [5.74, 6) is -0.0891. The largest absolute Gasteiger partial charge is 0.307 e. The summed E-state index contributed by atoms with van der Waals surface area (Å²) in [7, 11) is 1.83. The van der Waals surface area contributed by atoms with E-state index in [0.717, 1.165) is 10.9 Å². The smallest absolute Gasteiger partial charge is 0.247 e. The van der Waals surface area contributed by atoms with Gasteiger partial charge < -0.3 is 5.32 Å². The van der Waals surface area contributed by atoms with Crippen LogP contribution in [0.2, 0.25) is 0 Å². The van der Waals surface area contributed by atoms with Crippen LogP contribution >= 0.6 is 0 Å². The van der Waals surface area contributed by atoms with Crippen LogP contribution in [0.3, 0.4) is 0 Å². The Bertz CT molecular complexity index is 1100. The second-order valence-corrected chi connectivity index (χ2v) is 5.92. The number of nitrogens with zero attached hydrogens (tertiary/aromatic N) is 4. The molecular formula is C19H16FN5O. The highest BCUT2D eigenvalue weighted by Gasteiger charge is 2.13. The number of benzene rings is 2. The van der Waals surface area contributed by atoms with E-state index in [9.17, 15) is 9.18 Å².